The van der Waals surface area contributed by atoms with Crippen molar-refractivity contribution in [2.45, 2.75) is 25.6 Å². The van der Waals surface area contributed by atoms with E-state index in [0.29, 0.717) is 18.8 Å². The molecule has 1 aromatic rings. The molecule has 1 N–H and O–H groups in total. The van der Waals surface area contributed by atoms with Crippen LogP contribution in [-0.2, 0) is 4.74 Å². The van der Waals surface area contributed by atoms with Gasteiger partial charge < -0.3 is 14.8 Å². The Labute approximate surface area is 113 Å². The first-order chi connectivity index (χ1) is 9.56. The molecule has 0 aromatic heterocycles. The van der Waals surface area contributed by atoms with E-state index in [-0.39, 0.29) is 6.10 Å². The third-order valence-electron chi connectivity index (χ3n) is 2.93. The molecule has 0 aliphatic carbocycles. The Hall–Kier alpha value is -1.96. The molecular weight excluding hydrogens is 274 g/mol. The molecule has 0 saturated carbocycles. The molecule has 1 aliphatic rings. The zero-order valence-electron chi connectivity index (χ0n) is 10.6. The molecule has 0 spiro atoms. The predicted octanol–water partition coefficient (Wildman–Crippen LogP) is 2.79. The van der Waals surface area contributed by atoms with Crippen molar-refractivity contribution in [2.75, 3.05) is 18.5 Å². The molecule has 2 rings (SSSR count). The van der Waals surface area contributed by atoms with E-state index in [9.17, 15) is 18.9 Å². The summed E-state index contributed by atoms with van der Waals surface area (Å²) in [7, 11) is 0. The van der Waals surface area contributed by atoms with Crippen LogP contribution in [0.15, 0.2) is 18.2 Å². The van der Waals surface area contributed by atoms with E-state index in [0.717, 1.165) is 18.9 Å². The van der Waals surface area contributed by atoms with Gasteiger partial charge in [-0.25, -0.2) is 0 Å². The number of hydrogen-bond donors (Lipinski definition) is 1. The van der Waals surface area contributed by atoms with Crippen LogP contribution in [0, 0.1) is 10.1 Å². The number of nitro benzene ring substituents is 1. The molecule has 110 valence electrons. The van der Waals surface area contributed by atoms with Gasteiger partial charge in [-0.15, -0.1) is 0 Å². The fourth-order valence-corrected chi connectivity index (χ4v) is 2.00. The van der Waals surface area contributed by atoms with Gasteiger partial charge in [0.1, 0.15) is 0 Å². The third-order valence-corrected chi connectivity index (χ3v) is 2.93. The van der Waals surface area contributed by atoms with Gasteiger partial charge >= 0.3 is 12.3 Å². The van der Waals surface area contributed by atoms with Crippen LogP contribution in [0.4, 0.5) is 20.2 Å². The van der Waals surface area contributed by atoms with E-state index in [4.69, 9.17) is 4.74 Å². The first-order valence-electron chi connectivity index (χ1n) is 6.15. The first-order valence-corrected chi connectivity index (χ1v) is 6.15. The summed E-state index contributed by atoms with van der Waals surface area (Å²) in [6, 6.07) is 3.78. The van der Waals surface area contributed by atoms with E-state index in [1.807, 2.05) is 0 Å². The molecule has 1 atom stereocenters. The number of rotatable bonds is 6. The highest BCUT2D eigenvalue weighted by atomic mass is 19.3. The van der Waals surface area contributed by atoms with Gasteiger partial charge in [-0.1, -0.05) is 0 Å². The minimum atomic E-state index is -3.11. The lowest BCUT2D eigenvalue weighted by atomic mass is 10.2. The molecule has 8 heteroatoms. The number of benzene rings is 1. The smallest absolute Gasteiger partial charge is 0.387 e. The van der Waals surface area contributed by atoms with Crippen molar-refractivity contribution in [3.8, 4) is 5.75 Å². The van der Waals surface area contributed by atoms with Gasteiger partial charge in [-0.3, -0.25) is 10.1 Å². The molecule has 1 aromatic carbocycles. The lowest BCUT2D eigenvalue weighted by Gasteiger charge is -2.13. The molecule has 0 amide bonds. The maximum atomic E-state index is 12.2. The summed E-state index contributed by atoms with van der Waals surface area (Å²) in [6.45, 7) is -1.87. The third kappa shape index (κ3) is 3.77. The SMILES string of the molecule is O=[N+]([O-])c1ccc(NCC2CCCO2)cc1OC(F)F. The zero-order chi connectivity index (χ0) is 14.5. The van der Waals surface area contributed by atoms with Crippen LogP contribution >= 0.6 is 0 Å². The summed E-state index contributed by atoms with van der Waals surface area (Å²) in [6.07, 6.45) is 2.00. The second kappa shape index (κ2) is 6.47. The van der Waals surface area contributed by atoms with Gasteiger partial charge in [0.15, 0.2) is 0 Å². The van der Waals surface area contributed by atoms with Gasteiger partial charge in [0.05, 0.1) is 11.0 Å². The minimum Gasteiger partial charge on any atom is -0.427 e. The molecule has 1 saturated heterocycles. The van der Waals surface area contributed by atoms with Crippen LogP contribution < -0.4 is 10.1 Å². The maximum Gasteiger partial charge on any atom is 0.387 e. The molecule has 1 unspecified atom stereocenters. The highest BCUT2D eigenvalue weighted by Gasteiger charge is 2.20. The number of nitrogens with one attached hydrogen (secondary N) is 1. The Kier molecular flexibility index (Phi) is 4.67. The summed E-state index contributed by atoms with van der Waals surface area (Å²) >= 11 is 0. The van der Waals surface area contributed by atoms with Crippen molar-refractivity contribution in [2.24, 2.45) is 0 Å². The average molecular weight is 288 g/mol. The first kappa shape index (κ1) is 14.4. The van der Waals surface area contributed by atoms with Crippen LogP contribution in [0.1, 0.15) is 12.8 Å². The highest BCUT2D eigenvalue weighted by Crippen LogP contribution is 2.31. The van der Waals surface area contributed by atoms with Crippen LogP contribution in [-0.4, -0.2) is 30.8 Å². The van der Waals surface area contributed by atoms with Crippen LogP contribution in [0.3, 0.4) is 0 Å². The number of halogens is 2. The van der Waals surface area contributed by atoms with Crippen molar-refractivity contribution < 1.29 is 23.2 Å². The Balaban J connectivity index is 2.07. The van der Waals surface area contributed by atoms with Crippen LogP contribution in [0.25, 0.3) is 0 Å². The molecule has 1 heterocycles. The zero-order valence-corrected chi connectivity index (χ0v) is 10.6. The number of nitrogens with zero attached hydrogens (tertiary/aromatic N) is 1. The van der Waals surface area contributed by atoms with Gasteiger partial charge in [-0.2, -0.15) is 8.78 Å². The highest BCUT2D eigenvalue weighted by molar-refractivity contribution is 5.58. The van der Waals surface area contributed by atoms with Crippen LogP contribution in [0.5, 0.6) is 5.75 Å². The fourth-order valence-electron chi connectivity index (χ4n) is 2.00. The van der Waals surface area contributed by atoms with E-state index < -0.39 is 23.0 Å². The topological polar surface area (TPSA) is 73.6 Å². The summed E-state index contributed by atoms with van der Waals surface area (Å²) in [5.41, 5.74) is -0.0188. The molecule has 20 heavy (non-hydrogen) atoms. The number of nitro groups is 1. The normalized spacial score (nSPS) is 18.2. The van der Waals surface area contributed by atoms with Crippen molar-refractivity contribution >= 4 is 11.4 Å². The Morgan fingerprint density at radius 2 is 2.35 bits per heavy atom. The van der Waals surface area contributed by atoms with Crippen molar-refractivity contribution in [3.63, 3.8) is 0 Å². The van der Waals surface area contributed by atoms with E-state index in [1.165, 1.54) is 12.1 Å². The fraction of sp³-hybridized carbons (Fsp3) is 0.500. The lowest BCUT2D eigenvalue weighted by molar-refractivity contribution is -0.386. The van der Waals surface area contributed by atoms with Gasteiger partial charge in [-0.05, 0) is 18.9 Å². The van der Waals surface area contributed by atoms with Gasteiger partial charge in [0, 0.05) is 31.0 Å². The second-order valence-electron chi connectivity index (χ2n) is 4.33. The summed E-state index contributed by atoms with van der Waals surface area (Å²) in [5, 5.41) is 13.7. The Bertz CT molecular complexity index is 479. The van der Waals surface area contributed by atoms with Crippen LogP contribution in [0.2, 0.25) is 0 Å². The van der Waals surface area contributed by atoms with Gasteiger partial charge in [0.25, 0.3) is 0 Å². The summed E-state index contributed by atoms with van der Waals surface area (Å²) < 4.78 is 34.1. The number of hydrogen-bond acceptors (Lipinski definition) is 5. The van der Waals surface area contributed by atoms with E-state index >= 15 is 0 Å². The molecule has 6 nitrogen and oxygen atoms in total. The van der Waals surface area contributed by atoms with Crippen molar-refractivity contribution in [3.05, 3.63) is 28.3 Å². The van der Waals surface area contributed by atoms with Crippen molar-refractivity contribution in [1.82, 2.24) is 0 Å². The molecular formula is C12H14F2N2O4. The number of anilines is 1. The molecule has 1 aliphatic heterocycles. The van der Waals surface area contributed by atoms with Gasteiger partial charge in [0.2, 0.25) is 5.75 Å². The predicted molar refractivity (Wildman–Crippen MR) is 67.2 cm³/mol. The maximum absolute atomic E-state index is 12.2. The number of alkyl halides is 2. The molecule has 0 radical (unpaired) electrons. The largest absolute Gasteiger partial charge is 0.427 e. The second-order valence-corrected chi connectivity index (χ2v) is 4.33. The van der Waals surface area contributed by atoms with Crippen molar-refractivity contribution in [1.29, 1.82) is 0 Å². The minimum absolute atomic E-state index is 0.0738. The lowest BCUT2D eigenvalue weighted by Crippen LogP contribution is -2.18. The van der Waals surface area contributed by atoms with E-state index in [2.05, 4.69) is 10.1 Å². The Morgan fingerprint density at radius 1 is 1.55 bits per heavy atom. The quantitative estimate of drug-likeness (QED) is 0.643. The molecule has 1 fully saturated rings. The number of ether oxygens (including phenoxy) is 2. The average Bonchev–Trinajstić information content (AvgIpc) is 2.88. The standard InChI is InChI=1S/C12H14F2N2O4/c13-12(14)20-11-6-8(3-4-10(11)16(17)18)15-7-9-2-1-5-19-9/h3-4,6,9,12,15H,1-2,5,7H2. The monoisotopic (exact) mass is 288 g/mol. The molecule has 0 bridgehead atoms. The summed E-state index contributed by atoms with van der Waals surface area (Å²) in [4.78, 5) is 9.96. The summed E-state index contributed by atoms with van der Waals surface area (Å²) in [5.74, 6) is -0.456. The Morgan fingerprint density at radius 3 is 2.95 bits per heavy atom. The van der Waals surface area contributed by atoms with E-state index in [1.54, 1.807) is 0 Å².